The first-order valence-electron chi connectivity index (χ1n) is 8.28. The van der Waals surface area contributed by atoms with Crippen LogP contribution in [-0.2, 0) is 16.0 Å². The fourth-order valence-electron chi connectivity index (χ4n) is 3.20. The van der Waals surface area contributed by atoms with Crippen molar-refractivity contribution in [3.63, 3.8) is 0 Å². The first kappa shape index (κ1) is 17.1. The van der Waals surface area contributed by atoms with E-state index in [1.165, 1.54) is 11.1 Å². The summed E-state index contributed by atoms with van der Waals surface area (Å²) in [4.78, 5) is 11.8. The smallest absolute Gasteiger partial charge is 0.309 e. The second-order valence-corrected chi connectivity index (χ2v) is 6.95. The van der Waals surface area contributed by atoms with Crippen molar-refractivity contribution in [3.8, 4) is 5.75 Å². The highest BCUT2D eigenvalue weighted by Gasteiger charge is 2.32. The van der Waals surface area contributed by atoms with E-state index in [2.05, 4.69) is 22.0 Å². The molecule has 1 aliphatic carbocycles. The standard InChI is InChI=1S/C19H21BrO4/c1-2-22-18(21)10-12-24-16-6-3-5-14-13(16)8-9-15(20)19(14)17-7-4-11-23-17/h3-7,11,15,19H,2,8-10,12H2,1H3. The van der Waals surface area contributed by atoms with Crippen LogP contribution in [0.2, 0.25) is 0 Å². The van der Waals surface area contributed by atoms with Crippen LogP contribution in [0.15, 0.2) is 41.0 Å². The largest absolute Gasteiger partial charge is 0.493 e. The molecule has 2 unspecified atom stereocenters. The SMILES string of the molecule is CCOC(=O)CCOc1cccc2c1CCC(Br)C2c1ccco1. The van der Waals surface area contributed by atoms with Crippen molar-refractivity contribution in [3.05, 3.63) is 53.5 Å². The van der Waals surface area contributed by atoms with Gasteiger partial charge in [-0.15, -0.1) is 0 Å². The lowest BCUT2D eigenvalue weighted by Crippen LogP contribution is -2.22. The second kappa shape index (κ2) is 7.88. The Bertz CT molecular complexity index is 681. The molecule has 0 radical (unpaired) electrons. The molecule has 0 spiro atoms. The second-order valence-electron chi connectivity index (χ2n) is 5.78. The number of benzene rings is 1. The van der Waals surface area contributed by atoms with E-state index in [0.29, 0.717) is 18.0 Å². The molecule has 1 aliphatic rings. The number of furan rings is 1. The van der Waals surface area contributed by atoms with Gasteiger partial charge in [-0.05, 0) is 49.1 Å². The number of rotatable bonds is 6. The number of ether oxygens (including phenoxy) is 2. The molecule has 5 heteroatoms. The first-order valence-corrected chi connectivity index (χ1v) is 9.20. The van der Waals surface area contributed by atoms with Crippen LogP contribution in [0, 0.1) is 0 Å². The molecule has 0 saturated carbocycles. The van der Waals surface area contributed by atoms with Crippen LogP contribution in [0.25, 0.3) is 0 Å². The number of hydrogen-bond donors (Lipinski definition) is 0. The van der Waals surface area contributed by atoms with E-state index in [1.54, 1.807) is 13.2 Å². The van der Waals surface area contributed by atoms with Gasteiger partial charge in [-0.25, -0.2) is 0 Å². The Morgan fingerprint density at radius 1 is 1.33 bits per heavy atom. The first-order chi connectivity index (χ1) is 11.7. The predicted molar refractivity (Wildman–Crippen MR) is 94.8 cm³/mol. The molecule has 4 nitrogen and oxygen atoms in total. The van der Waals surface area contributed by atoms with Crippen molar-refractivity contribution < 1.29 is 18.7 Å². The highest BCUT2D eigenvalue weighted by Crippen LogP contribution is 2.43. The quantitative estimate of drug-likeness (QED) is 0.537. The van der Waals surface area contributed by atoms with Gasteiger partial charge in [0.2, 0.25) is 0 Å². The third-order valence-electron chi connectivity index (χ3n) is 4.25. The molecular weight excluding hydrogens is 372 g/mol. The third kappa shape index (κ3) is 3.66. The molecular formula is C19H21BrO4. The summed E-state index contributed by atoms with van der Waals surface area (Å²) in [6.07, 6.45) is 3.93. The average Bonchev–Trinajstić information content (AvgIpc) is 3.09. The lowest BCUT2D eigenvalue weighted by molar-refractivity contribution is -0.143. The maximum absolute atomic E-state index is 11.5. The zero-order valence-corrected chi connectivity index (χ0v) is 15.3. The molecule has 0 fully saturated rings. The number of esters is 1. The minimum atomic E-state index is -0.226. The summed E-state index contributed by atoms with van der Waals surface area (Å²) in [6, 6.07) is 10.0. The Kier molecular flexibility index (Phi) is 5.61. The molecule has 0 N–H and O–H groups in total. The van der Waals surface area contributed by atoms with E-state index in [9.17, 15) is 4.79 Å². The number of carbonyl (C=O) groups excluding carboxylic acids is 1. The van der Waals surface area contributed by atoms with Gasteiger partial charge in [-0.1, -0.05) is 28.1 Å². The Morgan fingerprint density at radius 3 is 2.96 bits per heavy atom. The summed E-state index contributed by atoms with van der Waals surface area (Å²) in [6.45, 7) is 2.54. The Morgan fingerprint density at radius 2 is 2.21 bits per heavy atom. The van der Waals surface area contributed by atoms with E-state index in [0.717, 1.165) is 24.4 Å². The van der Waals surface area contributed by atoms with Gasteiger partial charge in [0, 0.05) is 4.83 Å². The van der Waals surface area contributed by atoms with Crippen molar-refractivity contribution in [2.24, 2.45) is 0 Å². The van der Waals surface area contributed by atoms with Crippen molar-refractivity contribution in [1.82, 2.24) is 0 Å². The number of halogens is 1. The lowest BCUT2D eigenvalue weighted by atomic mass is 9.81. The van der Waals surface area contributed by atoms with Gasteiger partial charge in [0.25, 0.3) is 0 Å². The van der Waals surface area contributed by atoms with Gasteiger partial charge in [0.05, 0.1) is 31.8 Å². The van der Waals surface area contributed by atoms with Gasteiger partial charge in [0.15, 0.2) is 0 Å². The van der Waals surface area contributed by atoms with Crippen molar-refractivity contribution in [2.45, 2.75) is 36.9 Å². The highest BCUT2D eigenvalue weighted by atomic mass is 79.9. The van der Waals surface area contributed by atoms with E-state index >= 15 is 0 Å². The van der Waals surface area contributed by atoms with Crippen LogP contribution in [-0.4, -0.2) is 24.0 Å². The molecule has 1 aromatic carbocycles. The minimum absolute atomic E-state index is 0.178. The molecule has 2 atom stereocenters. The fraction of sp³-hybridized carbons (Fsp3) is 0.421. The zero-order valence-electron chi connectivity index (χ0n) is 13.7. The van der Waals surface area contributed by atoms with Crippen LogP contribution in [0.1, 0.15) is 42.6 Å². The van der Waals surface area contributed by atoms with Gasteiger partial charge >= 0.3 is 5.97 Å². The Balaban J connectivity index is 1.78. The molecule has 0 saturated heterocycles. The van der Waals surface area contributed by atoms with Gasteiger partial charge in [0.1, 0.15) is 11.5 Å². The van der Waals surface area contributed by atoms with Crippen LogP contribution >= 0.6 is 15.9 Å². The Hall–Kier alpha value is -1.75. The molecule has 0 aliphatic heterocycles. The molecule has 24 heavy (non-hydrogen) atoms. The molecule has 0 amide bonds. The molecule has 1 heterocycles. The van der Waals surface area contributed by atoms with Crippen molar-refractivity contribution in [1.29, 1.82) is 0 Å². The van der Waals surface area contributed by atoms with Crippen molar-refractivity contribution in [2.75, 3.05) is 13.2 Å². The number of alkyl halides is 1. The maximum Gasteiger partial charge on any atom is 0.309 e. The molecule has 0 bridgehead atoms. The highest BCUT2D eigenvalue weighted by molar-refractivity contribution is 9.09. The molecule has 128 valence electrons. The summed E-state index contributed by atoms with van der Waals surface area (Å²) in [5.41, 5.74) is 2.44. The maximum atomic E-state index is 11.5. The normalized spacial score (nSPS) is 19.6. The summed E-state index contributed by atoms with van der Waals surface area (Å²) in [7, 11) is 0. The summed E-state index contributed by atoms with van der Waals surface area (Å²) < 4.78 is 16.5. The van der Waals surface area contributed by atoms with Crippen LogP contribution < -0.4 is 4.74 Å². The van der Waals surface area contributed by atoms with Crippen LogP contribution in [0.5, 0.6) is 5.75 Å². The number of hydrogen-bond acceptors (Lipinski definition) is 4. The monoisotopic (exact) mass is 392 g/mol. The van der Waals surface area contributed by atoms with Gasteiger partial charge in [-0.2, -0.15) is 0 Å². The molecule has 2 aromatic rings. The van der Waals surface area contributed by atoms with Gasteiger partial charge < -0.3 is 13.9 Å². The fourth-order valence-corrected chi connectivity index (χ4v) is 3.97. The van der Waals surface area contributed by atoms with Crippen LogP contribution in [0.4, 0.5) is 0 Å². The average molecular weight is 393 g/mol. The molecule has 1 aromatic heterocycles. The minimum Gasteiger partial charge on any atom is -0.493 e. The topological polar surface area (TPSA) is 48.7 Å². The number of fused-ring (bicyclic) bond motifs is 1. The van der Waals surface area contributed by atoms with Crippen molar-refractivity contribution >= 4 is 21.9 Å². The third-order valence-corrected chi connectivity index (χ3v) is 5.24. The van der Waals surface area contributed by atoms with E-state index in [1.807, 2.05) is 24.3 Å². The predicted octanol–water partition coefficient (Wildman–Crippen LogP) is 4.45. The van der Waals surface area contributed by atoms with Crippen LogP contribution in [0.3, 0.4) is 0 Å². The summed E-state index contributed by atoms with van der Waals surface area (Å²) in [5, 5.41) is 0. The molecule has 3 rings (SSSR count). The van der Waals surface area contributed by atoms with E-state index in [4.69, 9.17) is 13.9 Å². The summed E-state index contributed by atoms with van der Waals surface area (Å²) in [5.74, 6) is 1.77. The lowest BCUT2D eigenvalue weighted by Gasteiger charge is -2.30. The Labute approximate surface area is 150 Å². The van der Waals surface area contributed by atoms with E-state index < -0.39 is 0 Å². The van der Waals surface area contributed by atoms with Gasteiger partial charge in [-0.3, -0.25) is 4.79 Å². The zero-order chi connectivity index (χ0) is 16.9. The summed E-state index contributed by atoms with van der Waals surface area (Å²) >= 11 is 3.80. The van der Waals surface area contributed by atoms with E-state index in [-0.39, 0.29) is 18.3 Å². The number of carbonyl (C=O) groups is 1.